The normalized spacial score (nSPS) is 23.1. The Kier molecular flexibility index (Phi) is 6.24. The van der Waals surface area contributed by atoms with Crippen molar-refractivity contribution < 1.29 is 9.59 Å². The van der Waals surface area contributed by atoms with Crippen LogP contribution < -0.4 is 16.4 Å². The van der Waals surface area contributed by atoms with Gasteiger partial charge in [-0.1, -0.05) is 12.5 Å². The molecule has 24 heavy (non-hydrogen) atoms. The van der Waals surface area contributed by atoms with Crippen molar-refractivity contribution in [3.8, 4) is 0 Å². The molecule has 4 N–H and O–H groups in total. The zero-order valence-electron chi connectivity index (χ0n) is 14.0. The quantitative estimate of drug-likeness (QED) is 0.778. The van der Waals surface area contributed by atoms with Crippen LogP contribution in [-0.4, -0.2) is 17.9 Å². The van der Waals surface area contributed by atoms with Gasteiger partial charge in [-0.3, -0.25) is 9.59 Å². The molecule has 6 heteroatoms. The van der Waals surface area contributed by atoms with Gasteiger partial charge in [0.1, 0.15) is 0 Å². The molecule has 132 valence electrons. The molecule has 2 aliphatic carbocycles. The number of hydrogen-bond acceptors (Lipinski definition) is 3. The van der Waals surface area contributed by atoms with E-state index >= 15 is 0 Å². The van der Waals surface area contributed by atoms with E-state index in [4.69, 9.17) is 5.73 Å². The van der Waals surface area contributed by atoms with E-state index in [1.807, 2.05) is 25.1 Å². The third-order valence-corrected chi connectivity index (χ3v) is 4.80. The minimum absolute atomic E-state index is 0. The number of benzene rings is 1. The van der Waals surface area contributed by atoms with E-state index in [0.29, 0.717) is 0 Å². The number of amides is 2. The Bertz CT molecular complexity index is 616. The van der Waals surface area contributed by atoms with Crippen molar-refractivity contribution in [1.29, 1.82) is 0 Å². The Morgan fingerprint density at radius 3 is 2.42 bits per heavy atom. The fourth-order valence-electron chi connectivity index (χ4n) is 3.12. The molecule has 2 amide bonds. The van der Waals surface area contributed by atoms with E-state index in [-0.39, 0.29) is 42.1 Å². The van der Waals surface area contributed by atoms with Gasteiger partial charge in [0, 0.05) is 29.3 Å². The third-order valence-electron chi connectivity index (χ3n) is 4.80. The lowest BCUT2D eigenvalue weighted by Gasteiger charge is -2.26. The van der Waals surface area contributed by atoms with Crippen LogP contribution in [0.25, 0.3) is 0 Å². The first-order valence-corrected chi connectivity index (χ1v) is 8.51. The third kappa shape index (κ3) is 4.71. The SMILES string of the molecule is Cc1ccc(NC(=O)C2CC2)cc1NC(=O)C1CCCC(N)C1.Cl. The number of halogens is 1. The summed E-state index contributed by atoms with van der Waals surface area (Å²) in [6, 6.07) is 5.77. The van der Waals surface area contributed by atoms with Gasteiger partial charge in [0.2, 0.25) is 11.8 Å². The van der Waals surface area contributed by atoms with Crippen LogP contribution in [0.5, 0.6) is 0 Å². The maximum absolute atomic E-state index is 12.5. The maximum Gasteiger partial charge on any atom is 0.227 e. The first kappa shape index (κ1) is 18.7. The average Bonchev–Trinajstić information content (AvgIpc) is 3.35. The van der Waals surface area contributed by atoms with Gasteiger partial charge in [0.05, 0.1) is 0 Å². The summed E-state index contributed by atoms with van der Waals surface area (Å²) in [4.78, 5) is 24.3. The molecular weight excluding hydrogens is 326 g/mol. The highest BCUT2D eigenvalue weighted by molar-refractivity contribution is 5.97. The smallest absolute Gasteiger partial charge is 0.227 e. The van der Waals surface area contributed by atoms with Crippen molar-refractivity contribution in [3.63, 3.8) is 0 Å². The minimum atomic E-state index is -0.0112. The zero-order valence-corrected chi connectivity index (χ0v) is 14.8. The van der Waals surface area contributed by atoms with Crippen molar-refractivity contribution in [2.45, 2.75) is 51.5 Å². The second-order valence-electron chi connectivity index (χ2n) is 6.91. The number of anilines is 2. The Hall–Kier alpha value is -1.59. The van der Waals surface area contributed by atoms with Crippen LogP contribution in [0.3, 0.4) is 0 Å². The van der Waals surface area contributed by atoms with Gasteiger partial charge in [-0.25, -0.2) is 0 Å². The lowest BCUT2D eigenvalue weighted by atomic mass is 9.85. The lowest BCUT2D eigenvalue weighted by molar-refractivity contribution is -0.121. The molecule has 5 nitrogen and oxygen atoms in total. The summed E-state index contributed by atoms with van der Waals surface area (Å²) >= 11 is 0. The molecule has 2 aliphatic rings. The minimum Gasteiger partial charge on any atom is -0.328 e. The summed E-state index contributed by atoms with van der Waals surface area (Å²) < 4.78 is 0. The molecule has 0 bridgehead atoms. The number of nitrogens with two attached hydrogens (primary N) is 1. The van der Waals surface area contributed by atoms with Crippen molar-refractivity contribution in [1.82, 2.24) is 0 Å². The highest BCUT2D eigenvalue weighted by Crippen LogP contribution is 2.31. The molecule has 3 rings (SSSR count). The molecule has 0 saturated heterocycles. The monoisotopic (exact) mass is 351 g/mol. The van der Waals surface area contributed by atoms with Crippen molar-refractivity contribution in [3.05, 3.63) is 23.8 Å². The highest BCUT2D eigenvalue weighted by atomic mass is 35.5. The van der Waals surface area contributed by atoms with Gasteiger partial charge in [0.15, 0.2) is 0 Å². The summed E-state index contributed by atoms with van der Waals surface area (Å²) in [6.45, 7) is 1.95. The molecule has 0 heterocycles. The second kappa shape index (κ2) is 7.99. The zero-order chi connectivity index (χ0) is 16.4. The topological polar surface area (TPSA) is 84.2 Å². The fraction of sp³-hybridized carbons (Fsp3) is 0.556. The molecule has 2 saturated carbocycles. The van der Waals surface area contributed by atoms with Gasteiger partial charge in [-0.2, -0.15) is 0 Å². The van der Waals surface area contributed by atoms with E-state index < -0.39 is 0 Å². The summed E-state index contributed by atoms with van der Waals surface area (Å²) in [5, 5.41) is 5.93. The number of hydrogen-bond donors (Lipinski definition) is 3. The van der Waals surface area contributed by atoms with Crippen LogP contribution >= 0.6 is 12.4 Å². The van der Waals surface area contributed by atoms with E-state index in [1.165, 1.54) is 0 Å². The Morgan fingerprint density at radius 1 is 1.04 bits per heavy atom. The lowest BCUT2D eigenvalue weighted by Crippen LogP contribution is -2.34. The molecule has 0 aromatic heterocycles. The predicted octanol–water partition coefficient (Wildman–Crippen LogP) is 3.22. The molecule has 2 fully saturated rings. The van der Waals surface area contributed by atoms with Gasteiger partial charge in [-0.15, -0.1) is 12.4 Å². The van der Waals surface area contributed by atoms with Crippen LogP contribution in [-0.2, 0) is 9.59 Å². The summed E-state index contributed by atoms with van der Waals surface area (Å²) in [6.07, 6.45) is 5.62. The molecule has 1 aromatic carbocycles. The fourth-order valence-corrected chi connectivity index (χ4v) is 3.12. The van der Waals surface area contributed by atoms with E-state index in [0.717, 1.165) is 55.5 Å². The van der Waals surface area contributed by atoms with Crippen LogP contribution in [0.4, 0.5) is 11.4 Å². The standard InChI is InChI=1S/C18H25N3O2.ClH/c1-11-5-8-15(20-17(22)12-6-7-12)10-16(11)21-18(23)13-3-2-4-14(19)9-13;/h5,8,10,12-14H,2-4,6-7,9,19H2,1H3,(H,20,22)(H,21,23);1H. The average molecular weight is 352 g/mol. The molecular formula is C18H26ClN3O2. The van der Waals surface area contributed by atoms with E-state index in [9.17, 15) is 9.59 Å². The number of rotatable bonds is 4. The predicted molar refractivity (Wildman–Crippen MR) is 98.3 cm³/mol. The highest BCUT2D eigenvalue weighted by Gasteiger charge is 2.30. The summed E-state index contributed by atoms with van der Waals surface area (Å²) in [7, 11) is 0. The van der Waals surface area contributed by atoms with Crippen molar-refractivity contribution in [2.24, 2.45) is 17.6 Å². The molecule has 0 aliphatic heterocycles. The summed E-state index contributed by atoms with van der Waals surface area (Å²) in [5.41, 5.74) is 8.47. The van der Waals surface area contributed by atoms with E-state index in [2.05, 4.69) is 10.6 Å². The number of nitrogens with one attached hydrogen (secondary N) is 2. The first-order valence-electron chi connectivity index (χ1n) is 8.51. The Balaban J connectivity index is 0.00000208. The molecule has 2 atom stereocenters. The molecule has 1 aromatic rings. The van der Waals surface area contributed by atoms with Crippen LogP contribution in [0.1, 0.15) is 44.1 Å². The molecule has 0 radical (unpaired) electrons. The maximum atomic E-state index is 12.5. The molecule has 0 spiro atoms. The Morgan fingerprint density at radius 2 is 1.75 bits per heavy atom. The number of carbonyl (C=O) groups is 2. The van der Waals surface area contributed by atoms with Gasteiger partial charge in [-0.05, 0) is 56.7 Å². The van der Waals surface area contributed by atoms with Crippen molar-refractivity contribution >= 4 is 35.6 Å². The summed E-state index contributed by atoms with van der Waals surface area (Å²) in [5.74, 6) is 0.263. The number of aryl methyl sites for hydroxylation is 1. The second-order valence-corrected chi connectivity index (χ2v) is 6.91. The number of carbonyl (C=O) groups excluding carboxylic acids is 2. The van der Waals surface area contributed by atoms with Gasteiger partial charge < -0.3 is 16.4 Å². The Labute approximate surface area is 149 Å². The first-order chi connectivity index (χ1) is 11.0. The van der Waals surface area contributed by atoms with Crippen molar-refractivity contribution in [2.75, 3.05) is 10.6 Å². The van der Waals surface area contributed by atoms with Crippen LogP contribution in [0.2, 0.25) is 0 Å². The largest absolute Gasteiger partial charge is 0.328 e. The van der Waals surface area contributed by atoms with E-state index in [1.54, 1.807) is 0 Å². The van der Waals surface area contributed by atoms with Crippen LogP contribution in [0.15, 0.2) is 18.2 Å². The molecule has 2 unspecified atom stereocenters. The van der Waals surface area contributed by atoms with Gasteiger partial charge in [0.25, 0.3) is 0 Å². The van der Waals surface area contributed by atoms with Gasteiger partial charge >= 0.3 is 0 Å². The van der Waals surface area contributed by atoms with Crippen LogP contribution in [0, 0.1) is 18.8 Å².